The fourth-order valence-electron chi connectivity index (χ4n) is 1.19. The van der Waals surface area contributed by atoms with E-state index in [4.69, 9.17) is 5.21 Å². The summed E-state index contributed by atoms with van der Waals surface area (Å²) in [7, 11) is 1.69. The molecule has 1 N–H and O–H groups in total. The van der Waals surface area contributed by atoms with Crippen molar-refractivity contribution in [1.29, 1.82) is 0 Å². The zero-order valence-electron chi connectivity index (χ0n) is 5.75. The SMILES string of the molecule is CN(O)CC1C=CCC1. The molecule has 1 aliphatic rings. The number of hydroxylamine groups is 2. The predicted octanol–water partition coefficient (Wildman–Crippen LogP) is 1.27. The Balaban J connectivity index is 2.20. The summed E-state index contributed by atoms with van der Waals surface area (Å²) in [5, 5.41) is 10.1. The van der Waals surface area contributed by atoms with Crippen LogP contribution >= 0.6 is 0 Å². The number of allylic oxidation sites excluding steroid dienone is 1. The molecule has 0 saturated heterocycles. The lowest BCUT2D eigenvalue weighted by atomic mass is 10.1. The van der Waals surface area contributed by atoms with Crippen molar-refractivity contribution in [3.8, 4) is 0 Å². The molecule has 9 heavy (non-hydrogen) atoms. The van der Waals surface area contributed by atoms with Crippen molar-refractivity contribution in [3.63, 3.8) is 0 Å². The van der Waals surface area contributed by atoms with Gasteiger partial charge in [-0.1, -0.05) is 12.2 Å². The monoisotopic (exact) mass is 127 g/mol. The molecule has 0 amide bonds. The summed E-state index contributed by atoms with van der Waals surface area (Å²) >= 11 is 0. The summed E-state index contributed by atoms with van der Waals surface area (Å²) in [6.07, 6.45) is 6.73. The highest BCUT2D eigenvalue weighted by molar-refractivity contribution is 4.96. The lowest BCUT2D eigenvalue weighted by Gasteiger charge is -2.11. The first-order valence-corrected chi connectivity index (χ1v) is 3.35. The van der Waals surface area contributed by atoms with Gasteiger partial charge in [0.15, 0.2) is 0 Å². The van der Waals surface area contributed by atoms with E-state index in [-0.39, 0.29) is 0 Å². The van der Waals surface area contributed by atoms with Crippen LogP contribution in [0.4, 0.5) is 0 Å². The minimum absolute atomic E-state index is 0.583. The zero-order chi connectivity index (χ0) is 6.69. The third-order valence-corrected chi connectivity index (χ3v) is 1.61. The Kier molecular flexibility index (Phi) is 2.25. The Bertz CT molecular complexity index is 109. The van der Waals surface area contributed by atoms with Gasteiger partial charge in [-0.15, -0.1) is 0 Å². The predicted molar refractivity (Wildman–Crippen MR) is 36.3 cm³/mol. The average Bonchev–Trinajstić information content (AvgIpc) is 2.15. The maximum absolute atomic E-state index is 8.81. The first kappa shape index (κ1) is 6.78. The lowest BCUT2D eigenvalue weighted by Crippen LogP contribution is -2.19. The van der Waals surface area contributed by atoms with Crippen LogP contribution in [0.3, 0.4) is 0 Å². The van der Waals surface area contributed by atoms with Crippen LogP contribution in [0.1, 0.15) is 12.8 Å². The van der Waals surface area contributed by atoms with Gasteiger partial charge in [0.05, 0.1) is 0 Å². The largest absolute Gasteiger partial charge is 0.314 e. The molecule has 1 aliphatic carbocycles. The van der Waals surface area contributed by atoms with Gasteiger partial charge in [-0.3, -0.25) is 0 Å². The van der Waals surface area contributed by atoms with Crippen molar-refractivity contribution in [3.05, 3.63) is 12.2 Å². The third-order valence-electron chi connectivity index (χ3n) is 1.61. The normalized spacial score (nSPS) is 25.9. The van der Waals surface area contributed by atoms with Crippen molar-refractivity contribution < 1.29 is 5.21 Å². The van der Waals surface area contributed by atoms with Gasteiger partial charge in [0.25, 0.3) is 0 Å². The second-order valence-corrected chi connectivity index (χ2v) is 2.61. The van der Waals surface area contributed by atoms with E-state index in [1.54, 1.807) is 7.05 Å². The van der Waals surface area contributed by atoms with Crippen LogP contribution in [-0.2, 0) is 0 Å². The third kappa shape index (κ3) is 2.16. The molecule has 0 spiro atoms. The van der Waals surface area contributed by atoms with Gasteiger partial charge in [0.1, 0.15) is 0 Å². The van der Waals surface area contributed by atoms with Crippen LogP contribution in [0.15, 0.2) is 12.2 Å². The number of hydrogen-bond donors (Lipinski definition) is 1. The van der Waals surface area contributed by atoms with E-state index in [9.17, 15) is 0 Å². The second-order valence-electron chi connectivity index (χ2n) is 2.61. The van der Waals surface area contributed by atoms with E-state index in [2.05, 4.69) is 12.2 Å². The molecule has 1 unspecified atom stereocenters. The molecule has 0 radical (unpaired) electrons. The first-order chi connectivity index (χ1) is 4.29. The number of rotatable bonds is 2. The molecule has 0 saturated carbocycles. The average molecular weight is 127 g/mol. The molecule has 52 valence electrons. The highest BCUT2D eigenvalue weighted by Crippen LogP contribution is 2.16. The van der Waals surface area contributed by atoms with Crippen molar-refractivity contribution in [2.24, 2.45) is 5.92 Å². The van der Waals surface area contributed by atoms with Gasteiger partial charge >= 0.3 is 0 Å². The fourth-order valence-corrected chi connectivity index (χ4v) is 1.19. The topological polar surface area (TPSA) is 23.5 Å². The van der Waals surface area contributed by atoms with Gasteiger partial charge in [-0.25, -0.2) is 0 Å². The summed E-state index contributed by atoms with van der Waals surface area (Å²) in [5.41, 5.74) is 0. The molecule has 1 rings (SSSR count). The minimum Gasteiger partial charge on any atom is -0.314 e. The molecule has 1 atom stereocenters. The fraction of sp³-hybridized carbons (Fsp3) is 0.714. The molecule has 0 bridgehead atoms. The Morgan fingerprint density at radius 3 is 3.00 bits per heavy atom. The Labute approximate surface area is 55.7 Å². The molecule has 0 aliphatic heterocycles. The second kappa shape index (κ2) is 2.99. The van der Waals surface area contributed by atoms with Crippen LogP contribution in [0.2, 0.25) is 0 Å². The van der Waals surface area contributed by atoms with E-state index >= 15 is 0 Å². The molecular formula is C7H13NO. The molecule has 2 nitrogen and oxygen atoms in total. The van der Waals surface area contributed by atoms with Crippen LogP contribution in [0.25, 0.3) is 0 Å². The highest BCUT2D eigenvalue weighted by atomic mass is 16.5. The van der Waals surface area contributed by atoms with Crippen molar-refractivity contribution >= 4 is 0 Å². The van der Waals surface area contributed by atoms with Gasteiger partial charge in [0.2, 0.25) is 0 Å². The van der Waals surface area contributed by atoms with Crippen LogP contribution in [0.5, 0.6) is 0 Å². The van der Waals surface area contributed by atoms with E-state index in [1.807, 2.05) is 0 Å². The Morgan fingerprint density at radius 1 is 1.78 bits per heavy atom. The van der Waals surface area contributed by atoms with Gasteiger partial charge in [-0.2, -0.15) is 5.06 Å². The van der Waals surface area contributed by atoms with Gasteiger partial charge < -0.3 is 5.21 Å². The van der Waals surface area contributed by atoms with Crippen LogP contribution in [0, 0.1) is 5.92 Å². The van der Waals surface area contributed by atoms with Crippen LogP contribution < -0.4 is 0 Å². The van der Waals surface area contributed by atoms with E-state index < -0.39 is 0 Å². The maximum atomic E-state index is 8.81. The molecule has 0 fully saturated rings. The van der Waals surface area contributed by atoms with Gasteiger partial charge in [-0.05, 0) is 18.8 Å². The quantitative estimate of drug-likeness (QED) is 0.446. The molecule has 0 heterocycles. The van der Waals surface area contributed by atoms with Crippen molar-refractivity contribution in [2.75, 3.05) is 13.6 Å². The van der Waals surface area contributed by atoms with E-state index in [0.717, 1.165) is 6.54 Å². The molecule has 2 heteroatoms. The van der Waals surface area contributed by atoms with E-state index in [1.165, 1.54) is 17.9 Å². The summed E-state index contributed by atoms with van der Waals surface area (Å²) in [5.74, 6) is 0.583. The van der Waals surface area contributed by atoms with Crippen molar-refractivity contribution in [2.45, 2.75) is 12.8 Å². The van der Waals surface area contributed by atoms with Crippen LogP contribution in [-0.4, -0.2) is 23.9 Å². The van der Waals surface area contributed by atoms with Crippen molar-refractivity contribution in [1.82, 2.24) is 5.06 Å². The van der Waals surface area contributed by atoms with Gasteiger partial charge in [0, 0.05) is 13.6 Å². The number of hydrogen-bond acceptors (Lipinski definition) is 2. The Morgan fingerprint density at radius 2 is 2.56 bits per heavy atom. The summed E-state index contributed by atoms with van der Waals surface area (Å²) in [6.45, 7) is 0.774. The standard InChI is InChI=1S/C7H13NO/c1-8(9)6-7-4-2-3-5-7/h2,4,7,9H,3,5-6H2,1H3. The molecule has 0 aromatic heterocycles. The molecular weight excluding hydrogens is 114 g/mol. The smallest absolute Gasteiger partial charge is 0.0298 e. The highest BCUT2D eigenvalue weighted by Gasteiger charge is 2.09. The molecule has 0 aromatic carbocycles. The molecule has 0 aromatic rings. The van der Waals surface area contributed by atoms with E-state index in [0.29, 0.717) is 5.92 Å². The summed E-state index contributed by atoms with van der Waals surface area (Å²) in [4.78, 5) is 0. The maximum Gasteiger partial charge on any atom is 0.0298 e. The minimum atomic E-state index is 0.583. The summed E-state index contributed by atoms with van der Waals surface area (Å²) in [6, 6.07) is 0. The Hall–Kier alpha value is -0.340. The number of nitrogens with zero attached hydrogens (tertiary/aromatic N) is 1. The lowest BCUT2D eigenvalue weighted by molar-refractivity contribution is -0.0719. The first-order valence-electron chi connectivity index (χ1n) is 3.35. The summed E-state index contributed by atoms with van der Waals surface area (Å²) < 4.78 is 0. The zero-order valence-corrected chi connectivity index (χ0v) is 5.75.